The van der Waals surface area contributed by atoms with Crippen LogP contribution < -0.4 is 5.73 Å². The summed E-state index contributed by atoms with van der Waals surface area (Å²) in [5.41, 5.74) is 10.0. The molecular weight excluding hydrogens is 464 g/mol. The van der Waals surface area contributed by atoms with Gasteiger partial charge in [-0.25, -0.2) is 9.50 Å². The molecule has 0 spiro atoms. The second-order valence-corrected chi connectivity index (χ2v) is 7.69. The first-order chi connectivity index (χ1) is 18.1. The van der Waals surface area contributed by atoms with Gasteiger partial charge in [0.1, 0.15) is 17.9 Å². The van der Waals surface area contributed by atoms with E-state index < -0.39 is 0 Å². The van der Waals surface area contributed by atoms with Crippen LogP contribution in [0.3, 0.4) is 0 Å². The molecule has 198 valence electrons. The van der Waals surface area contributed by atoms with Crippen molar-refractivity contribution in [2.45, 2.75) is 52.6 Å². The number of ether oxygens (including phenoxy) is 3. The highest BCUT2D eigenvalue weighted by Gasteiger charge is 2.20. The second-order valence-electron chi connectivity index (χ2n) is 7.69. The quantitative estimate of drug-likeness (QED) is 0.277. The van der Waals surface area contributed by atoms with Crippen LogP contribution in [-0.2, 0) is 27.4 Å². The van der Waals surface area contributed by atoms with Crippen molar-refractivity contribution in [1.29, 1.82) is 0 Å². The molecule has 2 aromatic carbocycles. The van der Waals surface area contributed by atoms with Crippen molar-refractivity contribution in [3.8, 4) is 12.8 Å². The number of aromatic nitrogens is 3. The largest absolute Gasteiger partial charge is 0.382 e. The minimum absolute atomic E-state index is 0.0653. The van der Waals surface area contributed by atoms with Gasteiger partial charge in [0.2, 0.25) is 0 Å². The number of hydrogen-bond acceptors (Lipinski definition) is 6. The molecule has 2 heterocycles. The lowest BCUT2D eigenvalue weighted by Crippen LogP contribution is -2.16. The van der Waals surface area contributed by atoms with E-state index in [9.17, 15) is 0 Å². The molecule has 0 bridgehead atoms. The fraction of sp³-hybridized carbons (Fsp3) is 0.333. The van der Waals surface area contributed by atoms with E-state index in [-0.39, 0.29) is 12.2 Å². The van der Waals surface area contributed by atoms with Crippen LogP contribution >= 0.6 is 0 Å². The molecular formula is C30H40N4O3. The number of methoxy groups -OCH3 is 2. The van der Waals surface area contributed by atoms with E-state index in [2.05, 4.69) is 22.9 Å². The summed E-state index contributed by atoms with van der Waals surface area (Å²) in [6.07, 6.45) is 10.1. The number of nitrogens with zero attached hydrogens (tertiary/aromatic N) is 3. The molecule has 7 nitrogen and oxygen atoms in total. The standard InChI is InChI=1S/C18H22N4O2.C8H10O.C2H6.C2H2/c1-13(23-2)10-17(24-11-14-6-4-3-5-7-14)15-8-9-16-18(19)20-12-21-22(15)16;1-9-7-8-5-3-2-4-6-8;2*1-2/h3-9,12-13,17H,10-11H2,1-2H3,(H2,19,20,21);2-6H,7H2,1H3;1-2H3;1-2H. The van der Waals surface area contributed by atoms with Crippen LogP contribution in [-0.4, -0.2) is 34.9 Å². The van der Waals surface area contributed by atoms with Gasteiger partial charge in [0, 0.05) is 20.6 Å². The molecule has 0 saturated carbocycles. The molecule has 0 aliphatic heterocycles. The van der Waals surface area contributed by atoms with Gasteiger partial charge in [-0.2, -0.15) is 5.10 Å². The zero-order valence-corrected chi connectivity index (χ0v) is 22.6. The van der Waals surface area contributed by atoms with Gasteiger partial charge >= 0.3 is 0 Å². The molecule has 0 radical (unpaired) electrons. The molecule has 2 N–H and O–H groups in total. The summed E-state index contributed by atoms with van der Waals surface area (Å²) in [5.74, 6) is 0.456. The molecule has 2 unspecified atom stereocenters. The number of terminal acetylenes is 1. The molecule has 0 fully saturated rings. The predicted molar refractivity (Wildman–Crippen MR) is 151 cm³/mol. The lowest BCUT2D eigenvalue weighted by atomic mass is 10.1. The van der Waals surface area contributed by atoms with Gasteiger partial charge in [0.25, 0.3) is 0 Å². The Morgan fingerprint density at radius 2 is 1.43 bits per heavy atom. The maximum Gasteiger partial charge on any atom is 0.151 e. The molecule has 2 aromatic heterocycles. The Labute approximate surface area is 221 Å². The molecule has 0 amide bonds. The van der Waals surface area contributed by atoms with Crippen molar-refractivity contribution in [1.82, 2.24) is 14.6 Å². The van der Waals surface area contributed by atoms with E-state index in [1.807, 2.05) is 93.6 Å². The summed E-state index contributed by atoms with van der Waals surface area (Å²) in [6.45, 7) is 7.26. The number of anilines is 1. The Kier molecular flexibility index (Phi) is 15.7. The van der Waals surface area contributed by atoms with Crippen molar-refractivity contribution >= 4 is 11.3 Å². The summed E-state index contributed by atoms with van der Waals surface area (Å²) >= 11 is 0. The third kappa shape index (κ3) is 10.4. The van der Waals surface area contributed by atoms with Crippen molar-refractivity contribution in [2.24, 2.45) is 0 Å². The Balaban J connectivity index is 0.000000440. The molecule has 4 rings (SSSR count). The van der Waals surface area contributed by atoms with E-state index in [0.29, 0.717) is 19.0 Å². The van der Waals surface area contributed by atoms with Gasteiger partial charge in [-0.15, -0.1) is 12.8 Å². The van der Waals surface area contributed by atoms with E-state index in [1.54, 1.807) is 18.7 Å². The summed E-state index contributed by atoms with van der Waals surface area (Å²) in [6, 6.07) is 24.1. The van der Waals surface area contributed by atoms with Gasteiger partial charge in [-0.05, 0) is 30.2 Å². The fourth-order valence-electron chi connectivity index (χ4n) is 3.40. The molecule has 0 aliphatic carbocycles. The van der Waals surface area contributed by atoms with Crippen LogP contribution in [0.5, 0.6) is 0 Å². The normalized spacial score (nSPS) is 11.5. The van der Waals surface area contributed by atoms with E-state index in [4.69, 9.17) is 19.9 Å². The Morgan fingerprint density at radius 1 is 0.865 bits per heavy atom. The molecule has 2 atom stereocenters. The Bertz CT molecular complexity index is 1130. The highest BCUT2D eigenvalue weighted by Crippen LogP contribution is 2.27. The highest BCUT2D eigenvalue weighted by molar-refractivity contribution is 5.65. The van der Waals surface area contributed by atoms with E-state index >= 15 is 0 Å². The van der Waals surface area contributed by atoms with E-state index in [0.717, 1.165) is 23.2 Å². The monoisotopic (exact) mass is 504 g/mol. The van der Waals surface area contributed by atoms with Crippen molar-refractivity contribution in [3.63, 3.8) is 0 Å². The van der Waals surface area contributed by atoms with Crippen molar-refractivity contribution in [2.75, 3.05) is 20.0 Å². The predicted octanol–water partition coefficient (Wildman–Crippen LogP) is 6.10. The third-order valence-electron chi connectivity index (χ3n) is 5.24. The van der Waals surface area contributed by atoms with Gasteiger partial charge in [-0.1, -0.05) is 74.5 Å². The van der Waals surface area contributed by atoms with E-state index in [1.165, 1.54) is 11.9 Å². The van der Waals surface area contributed by atoms with Crippen molar-refractivity contribution < 1.29 is 14.2 Å². The summed E-state index contributed by atoms with van der Waals surface area (Å²) in [5, 5.41) is 4.32. The minimum Gasteiger partial charge on any atom is -0.382 e. The average molecular weight is 505 g/mol. The number of benzene rings is 2. The maximum absolute atomic E-state index is 6.19. The van der Waals surface area contributed by atoms with Crippen LogP contribution in [0.1, 0.15) is 50.1 Å². The smallest absolute Gasteiger partial charge is 0.151 e. The lowest BCUT2D eigenvalue weighted by molar-refractivity contribution is -0.00813. The molecule has 7 heteroatoms. The first-order valence-corrected chi connectivity index (χ1v) is 12.2. The second kappa shape index (κ2) is 18.6. The van der Waals surface area contributed by atoms with Gasteiger partial charge in [0.15, 0.2) is 5.82 Å². The van der Waals surface area contributed by atoms with Crippen LogP contribution in [0.15, 0.2) is 79.1 Å². The summed E-state index contributed by atoms with van der Waals surface area (Å²) in [7, 11) is 3.41. The average Bonchev–Trinajstić information content (AvgIpc) is 3.40. The number of nitrogens with two attached hydrogens (primary N) is 1. The van der Waals surface area contributed by atoms with Crippen molar-refractivity contribution in [3.05, 3.63) is 95.9 Å². The Morgan fingerprint density at radius 3 is 1.97 bits per heavy atom. The number of nitrogen functional groups attached to an aromatic ring is 1. The number of rotatable bonds is 9. The first-order valence-electron chi connectivity index (χ1n) is 12.2. The van der Waals surface area contributed by atoms with Gasteiger partial charge in [0.05, 0.1) is 25.0 Å². The molecule has 0 saturated heterocycles. The number of fused-ring (bicyclic) bond motifs is 1. The van der Waals surface area contributed by atoms with Crippen LogP contribution in [0.25, 0.3) is 5.52 Å². The maximum atomic E-state index is 6.19. The zero-order chi connectivity index (χ0) is 27.5. The zero-order valence-electron chi connectivity index (χ0n) is 22.6. The first kappa shape index (κ1) is 31.3. The van der Waals surface area contributed by atoms with Crippen LogP contribution in [0.4, 0.5) is 5.82 Å². The van der Waals surface area contributed by atoms with Gasteiger partial charge in [-0.3, -0.25) is 0 Å². The van der Waals surface area contributed by atoms with Crippen LogP contribution in [0.2, 0.25) is 0 Å². The topological polar surface area (TPSA) is 83.9 Å². The summed E-state index contributed by atoms with van der Waals surface area (Å²) in [4.78, 5) is 4.03. The SMILES string of the molecule is C#C.CC.COC(C)CC(OCc1ccccc1)c1ccc2c(N)ncnn12.COCc1ccccc1. The minimum atomic E-state index is -0.156. The van der Waals surface area contributed by atoms with Gasteiger partial charge < -0.3 is 19.9 Å². The third-order valence-corrected chi connectivity index (χ3v) is 5.24. The molecule has 4 aromatic rings. The van der Waals surface area contributed by atoms with Crippen LogP contribution in [0, 0.1) is 12.8 Å². The summed E-state index contributed by atoms with van der Waals surface area (Å²) < 4.78 is 18.3. The lowest BCUT2D eigenvalue weighted by Gasteiger charge is -2.21. The fourth-order valence-corrected chi connectivity index (χ4v) is 3.40. The number of hydrogen-bond donors (Lipinski definition) is 1. The molecule has 0 aliphatic rings. The Hall–Kier alpha value is -3.70. The molecule has 37 heavy (non-hydrogen) atoms. The highest BCUT2D eigenvalue weighted by atomic mass is 16.5.